The third kappa shape index (κ3) is 2.68. The number of hydrogen-bond acceptors (Lipinski definition) is 3. The fourth-order valence-corrected chi connectivity index (χ4v) is 1.38. The van der Waals surface area contributed by atoms with Gasteiger partial charge in [0.1, 0.15) is 23.3 Å². The molecule has 0 aliphatic carbocycles. The summed E-state index contributed by atoms with van der Waals surface area (Å²) in [6.45, 7) is 0. The predicted octanol–water partition coefficient (Wildman–Crippen LogP) is 2.34. The highest BCUT2D eigenvalue weighted by molar-refractivity contribution is 6.02. The summed E-state index contributed by atoms with van der Waals surface area (Å²) in [7, 11) is 0. The Hall–Kier alpha value is -2.74. The van der Waals surface area contributed by atoms with Gasteiger partial charge in [-0.2, -0.15) is 5.26 Å². The van der Waals surface area contributed by atoms with E-state index >= 15 is 0 Å². The lowest BCUT2D eigenvalue weighted by atomic mass is 10.2. The Kier molecular flexibility index (Phi) is 3.30. The number of rotatable bonds is 2. The van der Waals surface area contributed by atoms with E-state index in [1.807, 2.05) is 6.07 Å². The van der Waals surface area contributed by atoms with Crippen molar-refractivity contribution in [3.05, 3.63) is 59.7 Å². The minimum absolute atomic E-state index is 0.110. The van der Waals surface area contributed by atoms with E-state index in [1.54, 1.807) is 12.1 Å². The number of nitrogens with one attached hydrogen (secondary N) is 1. The Morgan fingerprint density at radius 2 is 2.06 bits per heavy atom. The van der Waals surface area contributed by atoms with Crippen LogP contribution in [0.4, 0.5) is 10.1 Å². The van der Waals surface area contributed by atoms with Crippen molar-refractivity contribution in [1.29, 1.82) is 5.26 Å². The minimum Gasteiger partial charge on any atom is -0.321 e. The summed E-state index contributed by atoms with van der Waals surface area (Å²) < 4.78 is 12.9. The molecule has 1 amide bonds. The Labute approximate surface area is 103 Å². The molecule has 0 aliphatic rings. The van der Waals surface area contributed by atoms with Crippen molar-refractivity contribution < 1.29 is 9.18 Å². The molecular formula is C13H8FN3O. The van der Waals surface area contributed by atoms with Gasteiger partial charge in [-0.25, -0.2) is 9.37 Å². The zero-order valence-electron chi connectivity index (χ0n) is 9.22. The molecule has 0 saturated carbocycles. The number of nitrogens with zero attached hydrogens (tertiary/aromatic N) is 2. The number of pyridine rings is 1. The highest BCUT2D eigenvalue weighted by atomic mass is 19.1. The first-order valence-corrected chi connectivity index (χ1v) is 5.13. The topological polar surface area (TPSA) is 65.8 Å². The Morgan fingerprint density at radius 1 is 1.28 bits per heavy atom. The maximum atomic E-state index is 12.9. The van der Waals surface area contributed by atoms with Crippen LogP contribution in [-0.2, 0) is 0 Å². The third-order valence-corrected chi connectivity index (χ3v) is 2.18. The van der Waals surface area contributed by atoms with E-state index in [9.17, 15) is 9.18 Å². The van der Waals surface area contributed by atoms with Crippen LogP contribution in [0.5, 0.6) is 0 Å². The monoisotopic (exact) mass is 241 g/mol. The van der Waals surface area contributed by atoms with Crippen LogP contribution in [0, 0.1) is 17.1 Å². The van der Waals surface area contributed by atoms with Crippen LogP contribution in [0.3, 0.4) is 0 Å². The van der Waals surface area contributed by atoms with Crippen molar-refractivity contribution in [1.82, 2.24) is 4.98 Å². The van der Waals surface area contributed by atoms with Crippen molar-refractivity contribution in [2.75, 3.05) is 5.32 Å². The maximum absolute atomic E-state index is 12.9. The molecule has 0 saturated heterocycles. The standard InChI is InChI=1S/C13H8FN3O/c14-9-3-1-4-10(7-9)17-13(18)12-6-2-5-11(8-15)16-12/h1-7H,(H,17,18). The van der Waals surface area contributed by atoms with E-state index in [0.29, 0.717) is 5.69 Å². The van der Waals surface area contributed by atoms with E-state index in [4.69, 9.17) is 5.26 Å². The van der Waals surface area contributed by atoms with E-state index < -0.39 is 11.7 Å². The minimum atomic E-state index is -0.488. The number of amides is 1. The second-order valence-electron chi connectivity index (χ2n) is 3.48. The average molecular weight is 241 g/mol. The molecular weight excluding hydrogens is 233 g/mol. The second kappa shape index (κ2) is 5.06. The number of carbonyl (C=O) groups is 1. The summed E-state index contributed by atoms with van der Waals surface area (Å²) in [6, 6.07) is 11.9. The van der Waals surface area contributed by atoms with Gasteiger partial charge in [0, 0.05) is 5.69 Å². The van der Waals surface area contributed by atoms with E-state index in [0.717, 1.165) is 0 Å². The summed E-state index contributed by atoms with van der Waals surface area (Å²) in [6.07, 6.45) is 0. The lowest BCUT2D eigenvalue weighted by Crippen LogP contribution is -2.14. The number of nitriles is 1. The molecule has 88 valence electrons. The number of benzene rings is 1. The molecule has 0 bridgehead atoms. The molecule has 2 aromatic rings. The third-order valence-electron chi connectivity index (χ3n) is 2.18. The van der Waals surface area contributed by atoms with Crippen molar-refractivity contribution >= 4 is 11.6 Å². The van der Waals surface area contributed by atoms with Crippen LogP contribution in [0.25, 0.3) is 0 Å². The number of hydrogen-bond donors (Lipinski definition) is 1. The van der Waals surface area contributed by atoms with Crippen molar-refractivity contribution in [2.24, 2.45) is 0 Å². The van der Waals surface area contributed by atoms with Crippen molar-refractivity contribution in [3.63, 3.8) is 0 Å². The molecule has 5 heteroatoms. The molecule has 1 aromatic carbocycles. The quantitative estimate of drug-likeness (QED) is 0.877. The molecule has 0 radical (unpaired) electrons. The first-order valence-electron chi connectivity index (χ1n) is 5.13. The lowest BCUT2D eigenvalue weighted by Gasteiger charge is -2.04. The SMILES string of the molecule is N#Cc1cccc(C(=O)Nc2cccc(F)c2)n1. The van der Waals surface area contributed by atoms with Gasteiger partial charge in [-0.3, -0.25) is 4.79 Å². The van der Waals surface area contributed by atoms with E-state index in [2.05, 4.69) is 10.3 Å². The van der Waals surface area contributed by atoms with Gasteiger partial charge < -0.3 is 5.32 Å². The molecule has 0 atom stereocenters. The van der Waals surface area contributed by atoms with Crippen LogP contribution in [0.1, 0.15) is 16.2 Å². The molecule has 0 unspecified atom stereocenters. The highest BCUT2D eigenvalue weighted by Gasteiger charge is 2.08. The van der Waals surface area contributed by atoms with E-state index in [-0.39, 0.29) is 11.4 Å². The van der Waals surface area contributed by atoms with Gasteiger partial charge in [-0.15, -0.1) is 0 Å². The Morgan fingerprint density at radius 3 is 2.78 bits per heavy atom. The summed E-state index contributed by atoms with van der Waals surface area (Å²) in [5.74, 6) is -0.927. The van der Waals surface area contributed by atoms with Crippen LogP contribution in [0.15, 0.2) is 42.5 Å². The number of halogens is 1. The summed E-state index contributed by atoms with van der Waals surface area (Å²) in [4.78, 5) is 15.6. The van der Waals surface area contributed by atoms with Gasteiger partial charge in [0.25, 0.3) is 5.91 Å². The molecule has 1 N–H and O–H groups in total. The lowest BCUT2D eigenvalue weighted by molar-refractivity contribution is 0.102. The molecule has 18 heavy (non-hydrogen) atoms. The predicted molar refractivity (Wildman–Crippen MR) is 63.3 cm³/mol. The highest BCUT2D eigenvalue weighted by Crippen LogP contribution is 2.10. The summed E-state index contributed by atoms with van der Waals surface area (Å²) >= 11 is 0. The molecule has 1 aromatic heterocycles. The maximum Gasteiger partial charge on any atom is 0.274 e. The molecule has 0 fully saturated rings. The van der Waals surface area contributed by atoms with Crippen molar-refractivity contribution in [3.8, 4) is 6.07 Å². The van der Waals surface area contributed by atoms with Gasteiger partial charge >= 0.3 is 0 Å². The molecule has 2 rings (SSSR count). The number of carbonyl (C=O) groups excluding carboxylic acids is 1. The van der Waals surface area contributed by atoms with Crippen molar-refractivity contribution in [2.45, 2.75) is 0 Å². The largest absolute Gasteiger partial charge is 0.321 e. The van der Waals surface area contributed by atoms with Crippen LogP contribution >= 0.6 is 0 Å². The van der Waals surface area contributed by atoms with Gasteiger partial charge in [0.2, 0.25) is 0 Å². The van der Waals surface area contributed by atoms with E-state index in [1.165, 1.54) is 30.3 Å². The van der Waals surface area contributed by atoms with Gasteiger partial charge in [0.05, 0.1) is 0 Å². The second-order valence-corrected chi connectivity index (χ2v) is 3.48. The first kappa shape index (κ1) is 11.7. The zero-order valence-corrected chi connectivity index (χ0v) is 9.22. The Bertz CT molecular complexity index is 634. The van der Waals surface area contributed by atoms with Crippen LogP contribution in [0.2, 0.25) is 0 Å². The van der Waals surface area contributed by atoms with Gasteiger partial charge in [-0.1, -0.05) is 12.1 Å². The molecule has 1 heterocycles. The normalized spacial score (nSPS) is 9.56. The number of aromatic nitrogens is 1. The van der Waals surface area contributed by atoms with Crippen LogP contribution < -0.4 is 5.32 Å². The van der Waals surface area contributed by atoms with Crippen LogP contribution in [-0.4, -0.2) is 10.9 Å². The summed E-state index contributed by atoms with van der Waals surface area (Å²) in [5, 5.41) is 11.2. The fourth-order valence-electron chi connectivity index (χ4n) is 1.38. The smallest absolute Gasteiger partial charge is 0.274 e. The molecule has 4 nitrogen and oxygen atoms in total. The zero-order chi connectivity index (χ0) is 13.0. The first-order chi connectivity index (χ1) is 8.69. The van der Waals surface area contributed by atoms with Gasteiger partial charge in [0.15, 0.2) is 0 Å². The molecule has 0 aliphatic heterocycles. The average Bonchev–Trinajstić information content (AvgIpc) is 2.39. The number of anilines is 1. The fraction of sp³-hybridized carbons (Fsp3) is 0. The Balaban J connectivity index is 2.20. The summed E-state index contributed by atoms with van der Waals surface area (Å²) in [5.41, 5.74) is 0.601. The van der Waals surface area contributed by atoms with Gasteiger partial charge in [-0.05, 0) is 30.3 Å². The molecule has 0 spiro atoms.